The van der Waals surface area contributed by atoms with Gasteiger partial charge in [0.1, 0.15) is 0 Å². The molecule has 0 bridgehead atoms. The standard InChI is InChI=1S/C11H24N2O2S/c1-10(2)15-8-5-4-6-12-11(16)13-7-9-14-3/h10H,4-9H2,1-3H3,(H2,12,13,16). The van der Waals surface area contributed by atoms with Crippen molar-refractivity contribution in [3.8, 4) is 0 Å². The number of methoxy groups -OCH3 is 1. The lowest BCUT2D eigenvalue weighted by molar-refractivity contribution is 0.0762. The van der Waals surface area contributed by atoms with Crippen LogP contribution in [-0.4, -0.2) is 44.6 Å². The lowest BCUT2D eigenvalue weighted by Crippen LogP contribution is -2.37. The van der Waals surface area contributed by atoms with Crippen molar-refractivity contribution in [3.05, 3.63) is 0 Å². The molecule has 0 aromatic carbocycles. The highest BCUT2D eigenvalue weighted by molar-refractivity contribution is 7.80. The fraction of sp³-hybridized carbons (Fsp3) is 0.909. The van der Waals surface area contributed by atoms with Crippen LogP contribution in [0.4, 0.5) is 0 Å². The van der Waals surface area contributed by atoms with E-state index in [0.717, 1.165) is 32.5 Å². The molecule has 96 valence electrons. The van der Waals surface area contributed by atoms with E-state index in [0.29, 0.717) is 17.8 Å². The van der Waals surface area contributed by atoms with Crippen LogP contribution in [0.25, 0.3) is 0 Å². The van der Waals surface area contributed by atoms with Gasteiger partial charge in [-0.3, -0.25) is 0 Å². The third-order valence-electron chi connectivity index (χ3n) is 1.90. The van der Waals surface area contributed by atoms with Gasteiger partial charge in [-0.1, -0.05) is 0 Å². The van der Waals surface area contributed by atoms with Gasteiger partial charge in [-0.25, -0.2) is 0 Å². The molecule has 0 unspecified atom stereocenters. The number of hydrogen-bond donors (Lipinski definition) is 2. The summed E-state index contributed by atoms with van der Waals surface area (Å²) >= 11 is 5.08. The first-order valence-electron chi connectivity index (χ1n) is 5.79. The summed E-state index contributed by atoms with van der Waals surface area (Å²) in [4.78, 5) is 0. The zero-order valence-electron chi connectivity index (χ0n) is 10.5. The fourth-order valence-electron chi connectivity index (χ4n) is 1.08. The van der Waals surface area contributed by atoms with Gasteiger partial charge in [0, 0.05) is 26.8 Å². The van der Waals surface area contributed by atoms with Gasteiger partial charge in [0.25, 0.3) is 0 Å². The Balaban J connectivity index is 3.15. The van der Waals surface area contributed by atoms with E-state index in [9.17, 15) is 0 Å². The molecule has 2 N–H and O–H groups in total. The highest BCUT2D eigenvalue weighted by Gasteiger charge is 1.95. The van der Waals surface area contributed by atoms with Crippen LogP contribution >= 0.6 is 12.2 Å². The Morgan fingerprint density at radius 2 is 1.81 bits per heavy atom. The van der Waals surface area contributed by atoms with Crippen LogP contribution in [0, 0.1) is 0 Å². The molecule has 0 fully saturated rings. The molecule has 0 spiro atoms. The minimum atomic E-state index is 0.324. The Hall–Kier alpha value is -0.390. The predicted molar refractivity (Wildman–Crippen MR) is 70.8 cm³/mol. The van der Waals surface area contributed by atoms with Crippen molar-refractivity contribution in [1.82, 2.24) is 10.6 Å². The minimum absolute atomic E-state index is 0.324. The maximum absolute atomic E-state index is 5.44. The summed E-state index contributed by atoms with van der Waals surface area (Å²) in [5.74, 6) is 0. The van der Waals surface area contributed by atoms with Crippen molar-refractivity contribution >= 4 is 17.3 Å². The molecule has 0 atom stereocenters. The first kappa shape index (κ1) is 15.6. The van der Waals surface area contributed by atoms with Gasteiger partial charge in [0.05, 0.1) is 12.7 Å². The largest absolute Gasteiger partial charge is 0.383 e. The van der Waals surface area contributed by atoms with E-state index >= 15 is 0 Å². The van der Waals surface area contributed by atoms with E-state index in [1.165, 1.54) is 0 Å². The van der Waals surface area contributed by atoms with Crippen molar-refractivity contribution in [2.24, 2.45) is 0 Å². The third kappa shape index (κ3) is 11.7. The normalized spacial score (nSPS) is 10.5. The summed E-state index contributed by atoms with van der Waals surface area (Å²) < 4.78 is 10.3. The summed E-state index contributed by atoms with van der Waals surface area (Å²) in [7, 11) is 1.67. The van der Waals surface area contributed by atoms with Crippen LogP contribution in [0.5, 0.6) is 0 Å². The Labute approximate surface area is 104 Å². The Morgan fingerprint density at radius 1 is 1.12 bits per heavy atom. The lowest BCUT2D eigenvalue weighted by atomic mass is 10.3. The SMILES string of the molecule is COCCNC(=S)NCCCCOC(C)C. The van der Waals surface area contributed by atoms with Gasteiger partial charge < -0.3 is 20.1 Å². The summed E-state index contributed by atoms with van der Waals surface area (Å²) in [5, 5.41) is 6.89. The second-order valence-electron chi connectivity index (χ2n) is 3.80. The second kappa shape index (κ2) is 11.1. The summed E-state index contributed by atoms with van der Waals surface area (Å²) in [6.45, 7) is 7.23. The monoisotopic (exact) mass is 248 g/mol. The van der Waals surface area contributed by atoms with Crippen molar-refractivity contribution in [2.75, 3.05) is 33.4 Å². The smallest absolute Gasteiger partial charge is 0.166 e. The van der Waals surface area contributed by atoms with E-state index in [2.05, 4.69) is 10.6 Å². The maximum atomic E-state index is 5.44. The van der Waals surface area contributed by atoms with Gasteiger partial charge in [-0.2, -0.15) is 0 Å². The zero-order valence-corrected chi connectivity index (χ0v) is 11.4. The molecule has 16 heavy (non-hydrogen) atoms. The van der Waals surface area contributed by atoms with E-state index in [-0.39, 0.29) is 0 Å². The first-order valence-corrected chi connectivity index (χ1v) is 6.20. The first-order chi connectivity index (χ1) is 7.66. The van der Waals surface area contributed by atoms with E-state index in [4.69, 9.17) is 21.7 Å². The highest BCUT2D eigenvalue weighted by Crippen LogP contribution is 1.93. The molecule has 0 saturated carbocycles. The zero-order chi connectivity index (χ0) is 12.2. The number of ether oxygens (including phenoxy) is 2. The van der Waals surface area contributed by atoms with Crippen LogP contribution in [0.15, 0.2) is 0 Å². The molecule has 0 amide bonds. The number of hydrogen-bond acceptors (Lipinski definition) is 3. The fourth-order valence-corrected chi connectivity index (χ4v) is 1.28. The average molecular weight is 248 g/mol. The molecule has 0 aromatic heterocycles. The molecule has 5 heteroatoms. The Bertz CT molecular complexity index is 177. The second-order valence-corrected chi connectivity index (χ2v) is 4.21. The number of unbranched alkanes of at least 4 members (excludes halogenated alkanes) is 1. The number of nitrogens with one attached hydrogen (secondary N) is 2. The molecule has 0 aliphatic carbocycles. The highest BCUT2D eigenvalue weighted by atomic mass is 32.1. The minimum Gasteiger partial charge on any atom is -0.383 e. The number of thiocarbonyl (C=S) groups is 1. The van der Waals surface area contributed by atoms with E-state index in [1.807, 2.05) is 13.8 Å². The summed E-state index contributed by atoms with van der Waals surface area (Å²) in [6.07, 6.45) is 2.45. The van der Waals surface area contributed by atoms with E-state index < -0.39 is 0 Å². The summed E-state index contributed by atoms with van der Waals surface area (Å²) in [5.41, 5.74) is 0. The molecule has 0 heterocycles. The summed E-state index contributed by atoms with van der Waals surface area (Å²) in [6, 6.07) is 0. The van der Waals surface area contributed by atoms with Crippen LogP contribution in [-0.2, 0) is 9.47 Å². The lowest BCUT2D eigenvalue weighted by Gasteiger charge is -2.10. The molecule has 0 saturated heterocycles. The van der Waals surface area contributed by atoms with Crippen LogP contribution in [0.2, 0.25) is 0 Å². The van der Waals surface area contributed by atoms with Crippen molar-refractivity contribution < 1.29 is 9.47 Å². The van der Waals surface area contributed by atoms with Crippen LogP contribution in [0.3, 0.4) is 0 Å². The van der Waals surface area contributed by atoms with Crippen molar-refractivity contribution in [3.63, 3.8) is 0 Å². The quantitative estimate of drug-likeness (QED) is 0.475. The topological polar surface area (TPSA) is 42.5 Å². The van der Waals surface area contributed by atoms with Gasteiger partial charge in [0.15, 0.2) is 5.11 Å². The molecule has 0 rings (SSSR count). The molecular formula is C11H24N2O2S. The Morgan fingerprint density at radius 3 is 2.44 bits per heavy atom. The van der Waals surface area contributed by atoms with Crippen LogP contribution < -0.4 is 10.6 Å². The molecule has 0 aliphatic rings. The third-order valence-corrected chi connectivity index (χ3v) is 2.19. The average Bonchev–Trinajstić information content (AvgIpc) is 2.23. The van der Waals surface area contributed by atoms with Crippen molar-refractivity contribution in [1.29, 1.82) is 0 Å². The Kier molecular flexibility index (Phi) is 10.8. The molecular weight excluding hydrogens is 224 g/mol. The molecule has 0 aliphatic heterocycles. The van der Waals surface area contributed by atoms with Gasteiger partial charge in [-0.15, -0.1) is 0 Å². The molecule has 0 aromatic rings. The van der Waals surface area contributed by atoms with Crippen molar-refractivity contribution in [2.45, 2.75) is 32.8 Å². The van der Waals surface area contributed by atoms with E-state index in [1.54, 1.807) is 7.11 Å². The maximum Gasteiger partial charge on any atom is 0.166 e. The van der Waals surface area contributed by atoms with Gasteiger partial charge >= 0.3 is 0 Å². The number of rotatable bonds is 9. The molecule has 4 nitrogen and oxygen atoms in total. The van der Waals surface area contributed by atoms with Crippen LogP contribution in [0.1, 0.15) is 26.7 Å². The molecule has 0 radical (unpaired) electrons. The predicted octanol–water partition coefficient (Wildman–Crippen LogP) is 1.30. The van der Waals surface area contributed by atoms with Gasteiger partial charge in [-0.05, 0) is 38.9 Å². The van der Waals surface area contributed by atoms with Gasteiger partial charge in [0.2, 0.25) is 0 Å².